The highest BCUT2D eigenvalue weighted by Gasteiger charge is 2.30. The summed E-state index contributed by atoms with van der Waals surface area (Å²) in [6.45, 7) is 4.27. The van der Waals surface area contributed by atoms with Crippen LogP contribution in [0.2, 0.25) is 0 Å². The monoisotopic (exact) mass is 315 g/mol. The largest absolute Gasteiger partial charge is 0.487 e. The van der Waals surface area contributed by atoms with Crippen molar-refractivity contribution in [3.05, 3.63) is 77.2 Å². The summed E-state index contributed by atoms with van der Waals surface area (Å²) < 4.78 is 6.10. The average Bonchev–Trinajstić information content (AvgIpc) is 2.87. The van der Waals surface area contributed by atoms with Gasteiger partial charge in [-0.25, -0.2) is 0 Å². The first-order valence-electron chi connectivity index (χ1n) is 8.39. The fourth-order valence-corrected chi connectivity index (χ4v) is 3.13. The van der Waals surface area contributed by atoms with E-state index in [1.165, 1.54) is 16.7 Å². The fraction of sp³-hybridized carbons (Fsp3) is 0.261. The molecule has 1 aliphatic heterocycles. The third-order valence-corrected chi connectivity index (χ3v) is 4.18. The van der Waals surface area contributed by atoms with Gasteiger partial charge in [-0.15, -0.1) is 12.3 Å². The summed E-state index contributed by atoms with van der Waals surface area (Å²) in [5.74, 6) is 3.72. The van der Waals surface area contributed by atoms with Gasteiger partial charge in [0, 0.05) is 18.4 Å². The molecular formula is C23H23O. The van der Waals surface area contributed by atoms with E-state index < -0.39 is 0 Å². The Hall–Kier alpha value is -2.46. The van der Waals surface area contributed by atoms with Crippen LogP contribution >= 0.6 is 0 Å². The molecule has 24 heavy (non-hydrogen) atoms. The van der Waals surface area contributed by atoms with E-state index in [9.17, 15) is 0 Å². The molecule has 0 aliphatic carbocycles. The molecule has 1 nitrogen and oxygen atoms in total. The van der Waals surface area contributed by atoms with Crippen LogP contribution in [0.4, 0.5) is 0 Å². The highest BCUT2D eigenvalue weighted by Crippen LogP contribution is 2.38. The Morgan fingerprint density at radius 3 is 2.79 bits per heavy atom. The second-order valence-corrected chi connectivity index (χ2v) is 6.87. The van der Waals surface area contributed by atoms with Crippen molar-refractivity contribution in [1.82, 2.24) is 0 Å². The predicted molar refractivity (Wildman–Crippen MR) is 101 cm³/mol. The molecule has 121 valence electrons. The molecule has 1 heterocycles. The molecule has 0 N–H and O–H groups in total. The molecule has 0 saturated heterocycles. The summed E-state index contributed by atoms with van der Waals surface area (Å²) in [4.78, 5) is 0. The lowest BCUT2D eigenvalue weighted by molar-refractivity contribution is 0.138. The van der Waals surface area contributed by atoms with Gasteiger partial charge in [-0.1, -0.05) is 54.6 Å². The van der Waals surface area contributed by atoms with E-state index >= 15 is 0 Å². The van der Waals surface area contributed by atoms with Gasteiger partial charge in [-0.2, -0.15) is 0 Å². The summed E-state index contributed by atoms with van der Waals surface area (Å²) in [6, 6.07) is 14.8. The van der Waals surface area contributed by atoms with E-state index in [1.807, 2.05) is 0 Å². The summed E-state index contributed by atoms with van der Waals surface area (Å²) in [6.07, 6.45) is 14.3. The molecule has 1 aliphatic rings. The molecule has 0 unspecified atom stereocenters. The Labute approximate surface area is 145 Å². The van der Waals surface area contributed by atoms with Gasteiger partial charge in [0.2, 0.25) is 0 Å². The lowest BCUT2D eigenvalue weighted by Crippen LogP contribution is -2.24. The van der Waals surface area contributed by atoms with E-state index in [2.05, 4.69) is 80.8 Å². The van der Waals surface area contributed by atoms with Crippen LogP contribution in [0.5, 0.6) is 5.75 Å². The van der Waals surface area contributed by atoms with Crippen molar-refractivity contribution in [3.8, 4) is 18.1 Å². The number of ether oxygens (including phenoxy) is 1. The normalized spacial score (nSPS) is 15.0. The molecular weight excluding hydrogens is 292 g/mol. The number of hydrogen-bond donors (Lipinski definition) is 0. The van der Waals surface area contributed by atoms with Crippen molar-refractivity contribution in [2.75, 3.05) is 0 Å². The molecule has 0 spiro atoms. The van der Waals surface area contributed by atoms with Gasteiger partial charge < -0.3 is 4.74 Å². The number of terminal acetylenes is 1. The maximum absolute atomic E-state index is 6.10. The molecule has 3 rings (SSSR count). The Kier molecular flexibility index (Phi) is 4.76. The van der Waals surface area contributed by atoms with Gasteiger partial charge in [-0.3, -0.25) is 0 Å². The minimum absolute atomic E-state index is 0.104. The summed E-state index contributed by atoms with van der Waals surface area (Å²) in [7, 11) is 0. The summed E-state index contributed by atoms with van der Waals surface area (Å²) in [5.41, 5.74) is 4.82. The highest BCUT2D eigenvalue weighted by atomic mass is 16.5. The molecule has 0 fully saturated rings. The van der Waals surface area contributed by atoms with Gasteiger partial charge >= 0.3 is 0 Å². The van der Waals surface area contributed by atoms with Crippen LogP contribution in [0.15, 0.2) is 48.5 Å². The van der Waals surface area contributed by atoms with Crippen LogP contribution in [0, 0.1) is 18.8 Å². The van der Waals surface area contributed by atoms with Gasteiger partial charge in [0.1, 0.15) is 11.4 Å². The highest BCUT2D eigenvalue weighted by molar-refractivity contribution is 5.62. The van der Waals surface area contributed by atoms with Gasteiger partial charge in [0.15, 0.2) is 0 Å². The second-order valence-electron chi connectivity index (χ2n) is 6.87. The zero-order chi connectivity index (χ0) is 17.0. The average molecular weight is 315 g/mol. The number of fused-ring (bicyclic) bond motifs is 1. The fourth-order valence-electron chi connectivity index (χ4n) is 3.13. The molecule has 0 amide bonds. The second kappa shape index (κ2) is 6.97. The van der Waals surface area contributed by atoms with E-state index in [1.54, 1.807) is 0 Å². The molecule has 0 bridgehead atoms. The quantitative estimate of drug-likeness (QED) is 0.703. The van der Waals surface area contributed by atoms with Gasteiger partial charge in [0.05, 0.1) is 0 Å². The van der Waals surface area contributed by atoms with Crippen LogP contribution < -0.4 is 4.74 Å². The number of allylic oxidation sites excluding steroid dienone is 1. The van der Waals surface area contributed by atoms with E-state index in [4.69, 9.17) is 11.2 Å². The van der Waals surface area contributed by atoms with Gasteiger partial charge in [0.25, 0.3) is 0 Å². The summed E-state index contributed by atoms with van der Waals surface area (Å²) in [5, 5.41) is 0. The number of rotatable bonds is 5. The Morgan fingerprint density at radius 2 is 1.96 bits per heavy atom. The number of para-hydroxylation sites is 1. The Bertz CT molecular complexity index is 790. The first kappa shape index (κ1) is 16.4. The predicted octanol–water partition coefficient (Wildman–Crippen LogP) is 5.04. The van der Waals surface area contributed by atoms with Crippen LogP contribution in [-0.4, -0.2) is 5.60 Å². The lowest BCUT2D eigenvalue weighted by atomic mass is 10.00. The van der Waals surface area contributed by atoms with Crippen molar-refractivity contribution in [1.29, 1.82) is 0 Å². The molecule has 2 aromatic rings. The van der Waals surface area contributed by atoms with E-state index in [0.29, 0.717) is 6.42 Å². The molecule has 0 saturated carbocycles. The standard InChI is InChI=1S/C23H23O/c1-4-9-18-11-7-12-19(16-18)10-5-6-13-20-14-8-15-21-17-23(2,3)24-22(20)21/h1,5-8,11-16H,9-10,17H2,2-3H3/b13-6+. The Balaban J connectivity index is 1.63. The number of benzene rings is 2. The van der Waals surface area contributed by atoms with Gasteiger partial charge in [-0.05, 0) is 43.4 Å². The topological polar surface area (TPSA) is 9.23 Å². The number of hydrogen-bond acceptors (Lipinski definition) is 1. The molecule has 1 heteroatoms. The lowest BCUT2D eigenvalue weighted by Gasteiger charge is -2.17. The SMILES string of the molecule is C#CCc1cccc(C[CH]/C=C/c2cccc3c2OC(C)(C)C3)c1. The van der Waals surface area contributed by atoms with Crippen molar-refractivity contribution in [3.63, 3.8) is 0 Å². The van der Waals surface area contributed by atoms with Crippen LogP contribution in [0.1, 0.15) is 36.1 Å². The van der Waals surface area contributed by atoms with E-state index in [0.717, 1.165) is 24.2 Å². The van der Waals surface area contributed by atoms with Crippen LogP contribution in [0.25, 0.3) is 6.08 Å². The zero-order valence-corrected chi connectivity index (χ0v) is 14.4. The minimum atomic E-state index is -0.104. The molecule has 0 aromatic heterocycles. The third kappa shape index (κ3) is 3.89. The molecule has 2 aromatic carbocycles. The maximum atomic E-state index is 6.10. The van der Waals surface area contributed by atoms with Crippen molar-refractivity contribution in [2.45, 2.75) is 38.7 Å². The summed E-state index contributed by atoms with van der Waals surface area (Å²) >= 11 is 0. The molecule has 1 radical (unpaired) electrons. The van der Waals surface area contributed by atoms with Crippen LogP contribution in [-0.2, 0) is 19.3 Å². The maximum Gasteiger partial charge on any atom is 0.130 e. The van der Waals surface area contributed by atoms with Crippen molar-refractivity contribution < 1.29 is 4.74 Å². The third-order valence-electron chi connectivity index (χ3n) is 4.18. The zero-order valence-electron chi connectivity index (χ0n) is 14.4. The first-order chi connectivity index (χ1) is 11.6. The smallest absolute Gasteiger partial charge is 0.130 e. The minimum Gasteiger partial charge on any atom is -0.487 e. The molecule has 0 atom stereocenters. The van der Waals surface area contributed by atoms with Crippen LogP contribution in [0.3, 0.4) is 0 Å². The first-order valence-corrected chi connectivity index (χ1v) is 8.39. The van der Waals surface area contributed by atoms with Crippen molar-refractivity contribution in [2.24, 2.45) is 0 Å². The van der Waals surface area contributed by atoms with Crippen molar-refractivity contribution >= 4 is 6.08 Å². The van der Waals surface area contributed by atoms with E-state index in [-0.39, 0.29) is 5.60 Å². The Morgan fingerprint density at radius 1 is 1.17 bits per heavy atom.